The summed E-state index contributed by atoms with van der Waals surface area (Å²) < 4.78 is 0. The quantitative estimate of drug-likeness (QED) is 0.828. The number of thiophene rings is 1. The van der Waals surface area contributed by atoms with Gasteiger partial charge in [0.1, 0.15) is 0 Å². The normalized spacial score (nSPS) is 20.4. The summed E-state index contributed by atoms with van der Waals surface area (Å²) in [5.74, 6) is 0.548. The first-order valence-corrected chi connectivity index (χ1v) is 8.21. The van der Waals surface area contributed by atoms with Gasteiger partial charge in [-0.05, 0) is 55.6 Å². The zero-order valence-electron chi connectivity index (χ0n) is 12.0. The maximum atomic E-state index is 12.4. The second kappa shape index (κ2) is 7.06. The van der Waals surface area contributed by atoms with E-state index in [0.29, 0.717) is 5.91 Å². The van der Waals surface area contributed by atoms with E-state index in [2.05, 4.69) is 35.6 Å². The molecule has 0 saturated carbocycles. The molecule has 106 valence electrons. The molecular formula is C15H24N2OS. The van der Waals surface area contributed by atoms with Crippen molar-refractivity contribution in [1.29, 1.82) is 0 Å². The van der Waals surface area contributed by atoms with Gasteiger partial charge < -0.3 is 4.90 Å². The van der Waals surface area contributed by atoms with Crippen molar-refractivity contribution in [1.82, 2.24) is 9.80 Å². The van der Waals surface area contributed by atoms with E-state index in [1.165, 1.54) is 5.56 Å². The van der Waals surface area contributed by atoms with E-state index >= 15 is 0 Å². The Morgan fingerprint density at radius 1 is 1.47 bits per heavy atom. The van der Waals surface area contributed by atoms with E-state index in [1.54, 1.807) is 11.3 Å². The fourth-order valence-corrected chi connectivity index (χ4v) is 3.49. The molecule has 0 aromatic carbocycles. The highest BCUT2D eigenvalue weighted by molar-refractivity contribution is 7.07. The smallest absolute Gasteiger partial charge is 0.226 e. The molecule has 0 aliphatic carbocycles. The molecule has 0 bridgehead atoms. The second-order valence-corrected chi connectivity index (χ2v) is 6.00. The van der Waals surface area contributed by atoms with E-state index in [4.69, 9.17) is 0 Å². The Labute approximate surface area is 120 Å². The molecule has 4 heteroatoms. The fraction of sp³-hybridized carbons (Fsp3) is 0.667. The number of rotatable bonds is 5. The van der Waals surface area contributed by atoms with Crippen molar-refractivity contribution in [2.75, 3.05) is 26.2 Å². The van der Waals surface area contributed by atoms with Gasteiger partial charge in [-0.2, -0.15) is 11.3 Å². The molecule has 0 radical (unpaired) electrons. The average molecular weight is 280 g/mol. The van der Waals surface area contributed by atoms with Gasteiger partial charge in [-0.15, -0.1) is 0 Å². The topological polar surface area (TPSA) is 23.6 Å². The van der Waals surface area contributed by atoms with Crippen LogP contribution < -0.4 is 0 Å². The summed E-state index contributed by atoms with van der Waals surface area (Å²) in [5.41, 5.74) is 1.38. The van der Waals surface area contributed by atoms with Crippen molar-refractivity contribution in [3.63, 3.8) is 0 Å². The lowest BCUT2D eigenvalue weighted by Crippen LogP contribution is -2.44. The molecule has 1 amide bonds. The first-order chi connectivity index (χ1) is 9.24. The highest BCUT2D eigenvalue weighted by atomic mass is 32.1. The molecule has 2 heterocycles. The summed E-state index contributed by atoms with van der Waals surface area (Å²) in [6, 6.07) is 2.18. The number of nitrogens with zero attached hydrogens (tertiary/aromatic N) is 2. The number of likely N-dealkylation sites (tertiary alicyclic amines) is 1. The standard InChI is InChI=1S/C15H24N2OS/c1-3-17(4-2)15(18)14-6-5-8-16(11-14)10-13-7-9-19-12-13/h7,9,12,14H,3-6,8,10-11H2,1-2H3. The SMILES string of the molecule is CCN(CC)C(=O)C1CCCN(Cc2ccsc2)C1. The Morgan fingerprint density at radius 3 is 2.89 bits per heavy atom. The molecule has 1 fully saturated rings. The monoisotopic (exact) mass is 280 g/mol. The molecule has 1 aromatic heterocycles. The van der Waals surface area contributed by atoms with Crippen LogP contribution in [0.3, 0.4) is 0 Å². The maximum Gasteiger partial charge on any atom is 0.226 e. The minimum absolute atomic E-state index is 0.201. The number of hydrogen-bond donors (Lipinski definition) is 0. The lowest BCUT2D eigenvalue weighted by Gasteiger charge is -2.34. The van der Waals surface area contributed by atoms with Crippen LogP contribution >= 0.6 is 11.3 Å². The maximum absolute atomic E-state index is 12.4. The molecule has 0 N–H and O–H groups in total. The summed E-state index contributed by atoms with van der Waals surface area (Å²) in [5, 5.41) is 4.33. The van der Waals surface area contributed by atoms with Crippen molar-refractivity contribution in [3.05, 3.63) is 22.4 Å². The molecular weight excluding hydrogens is 256 g/mol. The van der Waals surface area contributed by atoms with E-state index in [-0.39, 0.29) is 5.92 Å². The third-order valence-corrected chi connectivity index (χ3v) is 4.65. The Balaban J connectivity index is 1.91. The van der Waals surface area contributed by atoms with E-state index in [9.17, 15) is 4.79 Å². The van der Waals surface area contributed by atoms with E-state index < -0.39 is 0 Å². The molecule has 1 aromatic rings. The summed E-state index contributed by atoms with van der Waals surface area (Å²) in [6.07, 6.45) is 2.19. The van der Waals surface area contributed by atoms with Crippen LogP contribution in [0.15, 0.2) is 16.8 Å². The summed E-state index contributed by atoms with van der Waals surface area (Å²) in [7, 11) is 0. The molecule has 1 atom stereocenters. The lowest BCUT2D eigenvalue weighted by atomic mass is 9.96. The van der Waals surface area contributed by atoms with Gasteiger partial charge >= 0.3 is 0 Å². The third kappa shape index (κ3) is 3.80. The molecule has 1 aliphatic heterocycles. The highest BCUT2D eigenvalue weighted by Gasteiger charge is 2.28. The zero-order valence-corrected chi connectivity index (χ0v) is 12.8. The predicted molar refractivity (Wildman–Crippen MR) is 80.2 cm³/mol. The summed E-state index contributed by atoms with van der Waals surface area (Å²) in [6.45, 7) is 8.82. The number of piperidine rings is 1. The molecule has 1 saturated heterocycles. The van der Waals surface area contributed by atoms with Crippen LogP contribution in [-0.4, -0.2) is 41.9 Å². The van der Waals surface area contributed by atoms with Crippen molar-refractivity contribution < 1.29 is 4.79 Å². The van der Waals surface area contributed by atoms with Crippen molar-refractivity contribution in [2.45, 2.75) is 33.2 Å². The van der Waals surface area contributed by atoms with E-state index in [0.717, 1.165) is 45.6 Å². The first-order valence-electron chi connectivity index (χ1n) is 7.26. The van der Waals surface area contributed by atoms with Gasteiger partial charge in [-0.25, -0.2) is 0 Å². The Morgan fingerprint density at radius 2 is 2.26 bits per heavy atom. The molecule has 1 unspecified atom stereocenters. The van der Waals surface area contributed by atoms with Gasteiger partial charge in [-0.3, -0.25) is 9.69 Å². The molecule has 3 nitrogen and oxygen atoms in total. The van der Waals surface area contributed by atoms with E-state index in [1.807, 2.05) is 4.90 Å². The van der Waals surface area contributed by atoms with Gasteiger partial charge in [0, 0.05) is 26.2 Å². The second-order valence-electron chi connectivity index (χ2n) is 5.22. The molecule has 19 heavy (non-hydrogen) atoms. The van der Waals surface area contributed by atoms with Crippen LogP contribution in [-0.2, 0) is 11.3 Å². The highest BCUT2D eigenvalue weighted by Crippen LogP contribution is 2.21. The molecule has 0 spiro atoms. The number of carbonyl (C=O) groups is 1. The number of hydrogen-bond acceptors (Lipinski definition) is 3. The van der Waals surface area contributed by atoms with Crippen LogP contribution in [0.25, 0.3) is 0 Å². The largest absolute Gasteiger partial charge is 0.343 e. The summed E-state index contributed by atoms with van der Waals surface area (Å²) in [4.78, 5) is 16.8. The van der Waals surface area contributed by atoms with Crippen molar-refractivity contribution in [2.24, 2.45) is 5.92 Å². The molecule has 2 rings (SSSR count). The van der Waals surface area contributed by atoms with Crippen LogP contribution in [0, 0.1) is 5.92 Å². The zero-order chi connectivity index (χ0) is 13.7. The lowest BCUT2D eigenvalue weighted by molar-refractivity contribution is -0.137. The first kappa shape index (κ1) is 14.5. The van der Waals surface area contributed by atoms with Gasteiger partial charge in [0.05, 0.1) is 5.92 Å². The Kier molecular flexibility index (Phi) is 5.40. The van der Waals surface area contributed by atoms with Crippen LogP contribution in [0.4, 0.5) is 0 Å². The predicted octanol–water partition coefficient (Wildman–Crippen LogP) is 2.83. The summed E-state index contributed by atoms with van der Waals surface area (Å²) >= 11 is 1.75. The number of amides is 1. The van der Waals surface area contributed by atoms with Crippen LogP contribution in [0.1, 0.15) is 32.3 Å². The van der Waals surface area contributed by atoms with Gasteiger partial charge in [0.25, 0.3) is 0 Å². The van der Waals surface area contributed by atoms with Crippen LogP contribution in [0.2, 0.25) is 0 Å². The van der Waals surface area contributed by atoms with Crippen molar-refractivity contribution >= 4 is 17.2 Å². The van der Waals surface area contributed by atoms with Crippen molar-refractivity contribution in [3.8, 4) is 0 Å². The van der Waals surface area contributed by atoms with Crippen LogP contribution in [0.5, 0.6) is 0 Å². The third-order valence-electron chi connectivity index (χ3n) is 3.92. The number of carbonyl (C=O) groups excluding carboxylic acids is 1. The van der Waals surface area contributed by atoms with Gasteiger partial charge in [0.2, 0.25) is 5.91 Å². The Bertz CT molecular complexity index is 387. The Hall–Kier alpha value is -0.870. The minimum atomic E-state index is 0.201. The minimum Gasteiger partial charge on any atom is -0.343 e. The molecule has 1 aliphatic rings. The fourth-order valence-electron chi connectivity index (χ4n) is 2.84. The average Bonchev–Trinajstić information content (AvgIpc) is 2.93. The van der Waals surface area contributed by atoms with Gasteiger partial charge in [-0.1, -0.05) is 0 Å². The van der Waals surface area contributed by atoms with Gasteiger partial charge in [0.15, 0.2) is 0 Å².